The molecule has 0 radical (unpaired) electrons. The largest absolute Gasteiger partial charge is 0.497 e. The fourth-order valence-corrected chi connectivity index (χ4v) is 4.20. The third kappa shape index (κ3) is 4.67. The highest BCUT2D eigenvalue weighted by Crippen LogP contribution is 2.26. The molecule has 2 aliphatic heterocycles. The second-order valence-corrected chi connectivity index (χ2v) is 7.67. The Labute approximate surface area is 161 Å². The van der Waals surface area contributed by atoms with E-state index in [-0.39, 0.29) is 0 Å². The summed E-state index contributed by atoms with van der Waals surface area (Å²) in [5.41, 5.74) is 3.43. The quantitative estimate of drug-likeness (QED) is 0.785. The molecule has 2 fully saturated rings. The van der Waals surface area contributed by atoms with Crippen molar-refractivity contribution in [1.29, 1.82) is 0 Å². The number of hydrogen-bond donors (Lipinski definition) is 0. The van der Waals surface area contributed by atoms with Gasteiger partial charge in [-0.3, -0.25) is 14.8 Å². The third-order valence-electron chi connectivity index (χ3n) is 5.64. The van der Waals surface area contributed by atoms with Gasteiger partial charge in [-0.2, -0.15) is 0 Å². The zero-order valence-corrected chi connectivity index (χ0v) is 16.3. The lowest BCUT2D eigenvalue weighted by Gasteiger charge is -2.37. The highest BCUT2D eigenvalue weighted by atomic mass is 16.5. The number of hydrogen-bond acceptors (Lipinski definition) is 5. The SMILES string of the molecule is COc1ccc(CN2CCN3C[C@@H](OCc4cccc(C)n4)C[C@@H]3C2)cc1. The van der Waals surface area contributed by atoms with E-state index in [4.69, 9.17) is 9.47 Å². The van der Waals surface area contributed by atoms with Gasteiger partial charge < -0.3 is 9.47 Å². The summed E-state index contributed by atoms with van der Waals surface area (Å²) in [5, 5.41) is 0. The van der Waals surface area contributed by atoms with Crippen molar-refractivity contribution in [3.63, 3.8) is 0 Å². The van der Waals surface area contributed by atoms with Gasteiger partial charge in [0.05, 0.1) is 25.5 Å². The molecule has 0 saturated carbocycles. The first-order chi connectivity index (χ1) is 13.2. The predicted molar refractivity (Wildman–Crippen MR) is 106 cm³/mol. The molecular weight excluding hydrogens is 338 g/mol. The van der Waals surface area contributed by atoms with E-state index in [0.717, 1.165) is 56.3 Å². The first kappa shape index (κ1) is 18.4. The Morgan fingerprint density at radius 3 is 2.70 bits per heavy atom. The van der Waals surface area contributed by atoms with Crippen LogP contribution in [-0.4, -0.2) is 60.2 Å². The summed E-state index contributed by atoms with van der Waals surface area (Å²) < 4.78 is 11.4. The van der Waals surface area contributed by atoms with Crippen LogP contribution in [0.1, 0.15) is 23.4 Å². The highest BCUT2D eigenvalue weighted by Gasteiger charge is 2.36. The molecule has 0 N–H and O–H groups in total. The van der Waals surface area contributed by atoms with Crippen molar-refractivity contribution in [2.75, 3.05) is 33.3 Å². The molecule has 0 aliphatic carbocycles. The number of aryl methyl sites for hydroxylation is 1. The van der Waals surface area contributed by atoms with Gasteiger partial charge in [0, 0.05) is 44.5 Å². The summed E-state index contributed by atoms with van der Waals surface area (Å²) in [6.45, 7) is 8.06. The first-order valence-electron chi connectivity index (χ1n) is 9.83. The number of piperazine rings is 1. The molecule has 3 heterocycles. The Hall–Kier alpha value is -1.95. The van der Waals surface area contributed by atoms with Crippen molar-refractivity contribution < 1.29 is 9.47 Å². The van der Waals surface area contributed by atoms with Crippen molar-refractivity contribution in [2.24, 2.45) is 0 Å². The second-order valence-electron chi connectivity index (χ2n) is 7.67. The molecular formula is C22H29N3O2. The number of benzene rings is 1. The van der Waals surface area contributed by atoms with Crippen molar-refractivity contribution >= 4 is 0 Å². The van der Waals surface area contributed by atoms with Crippen LogP contribution in [0.25, 0.3) is 0 Å². The monoisotopic (exact) mass is 367 g/mol. The van der Waals surface area contributed by atoms with Gasteiger partial charge in [-0.1, -0.05) is 18.2 Å². The minimum Gasteiger partial charge on any atom is -0.497 e. The smallest absolute Gasteiger partial charge is 0.118 e. The summed E-state index contributed by atoms with van der Waals surface area (Å²) in [5.74, 6) is 0.919. The summed E-state index contributed by atoms with van der Waals surface area (Å²) in [7, 11) is 1.71. The van der Waals surface area contributed by atoms with E-state index < -0.39 is 0 Å². The van der Waals surface area contributed by atoms with Crippen LogP contribution < -0.4 is 4.74 Å². The number of methoxy groups -OCH3 is 1. The van der Waals surface area contributed by atoms with Crippen LogP contribution in [0.15, 0.2) is 42.5 Å². The fraction of sp³-hybridized carbons (Fsp3) is 0.500. The van der Waals surface area contributed by atoms with Crippen LogP contribution in [-0.2, 0) is 17.9 Å². The molecule has 2 saturated heterocycles. The summed E-state index contributed by atoms with van der Waals surface area (Å²) >= 11 is 0. The second kappa shape index (κ2) is 8.38. The van der Waals surface area contributed by atoms with Gasteiger partial charge in [-0.25, -0.2) is 0 Å². The Bertz CT molecular complexity index is 749. The van der Waals surface area contributed by atoms with E-state index in [2.05, 4.69) is 33.0 Å². The average Bonchev–Trinajstić information content (AvgIpc) is 3.09. The Kier molecular flexibility index (Phi) is 5.72. The van der Waals surface area contributed by atoms with Crippen LogP contribution >= 0.6 is 0 Å². The molecule has 4 rings (SSSR count). The van der Waals surface area contributed by atoms with Gasteiger partial charge in [-0.15, -0.1) is 0 Å². The third-order valence-corrected chi connectivity index (χ3v) is 5.64. The topological polar surface area (TPSA) is 37.8 Å². The molecule has 2 atom stereocenters. The van der Waals surface area contributed by atoms with E-state index in [9.17, 15) is 0 Å². The maximum Gasteiger partial charge on any atom is 0.118 e. The minimum atomic E-state index is 0.318. The van der Waals surface area contributed by atoms with Crippen LogP contribution in [0.5, 0.6) is 5.75 Å². The van der Waals surface area contributed by atoms with E-state index in [1.807, 2.05) is 31.2 Å². The van der Waals surface area contributed by atoms with E-state index in [0.29, 0.717) is 18.8 Å². The lowest BCUT2D eigenvalue weighted by Crippen LogP contribution is -2.49. The lowest BCUT2D eigenvalue weighted by molar-refractivity contribution is 0.0439. The van der Waals surface area contributed by atoms with Crippen molar-refractivity contribution in [3.05, 3.63) is 59.4 Å². The normalized spacial score (nSPS) is 23.3. The van der Waals surface area contributed by atoms with Gasteiger partial charge in [0.2, 0.25) is 0 Å². The Morgan fingerprint density at radius 2 is 1.93 bits per heavy atom. The highest BCUT2D eigenvalue weighted by molar-refractivity contribution is 5.27. The van der Waals surface area contributed by atoms with Crippen LogP contribution in [0.3, 0.4) is 0 Å². The molecule has 2 aromatic rings. The van der Waals surface area contributed by atoms with Crippen LogP contribution in [0, 0.1) is 6.92 Å². The molecule has 1 aromatic heterocycles. The Balaban J connectivity index is 1.27. The number of aromatic nitrogens is 1. The molecule has 0 bridgehead atoms. The number of nitrogens with zero attached hydrogens (tertiary/aromatic N) is 3. The maximum absolute atomic E-state index is 6.18. The Morgan fingerprint density at radius 1 is 1.07 bits per heavy atom. The average molecular weight is 367 g/mol. The lowest BCUT2D eigenvalue weighted by atomic mass is 10.1. The van der Waals surface area contributed by atoms with Crippen molar-refractivity contribution in [2.45, 2.75) is 38.6 Å². The molecule has 144 valence electrons. The zero-order chi connectivity index (χ0) is 18.6. The summed E-state index contributed by atoms with van der Waals surface area (Å²) in [6, 6.07) is 15.2. The number of rotatable bonds is 6. The maximum atomic E-state index is 6.18. The fourth-order valence-electron chi connectivity index (χ4n) is 4.20. The van der Waals surface area contributed by atoms with Crippen LogP contribution in [0.2, 0.25) is 0 Å². The van der Waals surface area contributed by atoms with Gasteiger partial charge in [0.1, 0.15) is 5.75 Å². The first-order valence-corrected chi connectivity index (χ1v) is 9.83. The molecule has 5 nitrogen and oxygen atoms in total. The molecule has 5 heteroatoms. The molecule has 0 spiro atoms. The van der Waals surface area contributed by atoms with Gasteiger partial charge in [0.15, 0.2) is 0 Å². The zero-order valence-electron chi connectivity index (χ0n) is 16.3. The standard InChI is InChI=1S/C22H29N3O2/c1-17-4-3-5-19(23-17)16-27-22-12-20-14-24(10-11-25(20)15-22)13-18-6-8-21(26-2)9-7-18/h3-9,20,22H,10-16H2,1-2H3/t20-,22+/m1/s1. The van der Waals surface area contributed by atoms with Gasteiger partial charge >= 0.3 is 0 Å². The molecule has 0 unspecified atom stereocenters. The van der Waals surface area contributed by atoms with E-state index in [1.54, 1.807) is 7.11 Å². The number of fused-ring (bicyclic) bond motifs is 1. The number of ether oxygens (including phenoxy) is 2. The molecule has 27 heavy (non-hydrogen) atoms. The molecule has 0 amide bonds. The van der Waals surface area contributed by atoms with Crippen molar-refractivity contribution in [1.82, 2.24) is 14.8 Å². The van der Waals surface area contributed by atoms with Gasteiger partial charge in [-0.05, 0) is 43.2 Å². The summed E-state index contributed by atoms with van der Waals surface area (Å²) in [6.07, 6.45) is 1.43. The van der Waals surface area contributed by atoms with Gasteiger partial charge in [0.25, 0.3) is 0 Å². The molecule has 1 aromatic carbocycles. The van der Waals surface area contributed by atoms with Crippen molar-refractivity contribution in [3.8, 4) is 5.75 Å². The minimum absolute atomic E-state index is 0.318. The number of pyridine rings is 1. The van der Waals surface area contributed by atoms with Crippen LogP contribution in [0.4, 0.5) is 0 Å². The summed E-state index contributed by atoms with van der Waals surface area (Å²) in [4.78, 5) is 9.70. The predicted octanol–water partition coefficient (Wildman–Crippen LogP) is 2.87. The van der Waals surface area contributed by atoms with E-state index >= 15 is 0 Å². The molecule has 2 aliphatic rings. The van der Waals surface area contributed by atoms with E-state index in [1.165, 1.54) is 5.56 Å².